The van der Waals surface area contributed by atoms with Crippen LogP contribution < -0.4 is 15.2 Å². The first kappa shape index (κ1) is 15.9. The molecule has 1 unspecified atom stereocenters. The molecule has 0 amide bonds. The van der Waals surface area contributed by atoms with Crippen LogP contribution in [0.3, 0.4) is 0 Å². The summed E-state index contributed by atoms with van der Waals surface area (Å²) in [6.07, 6.45) is 0.139. The molecule has 0 bridgehead atoms. The maximum atomic E-state index is 6.40. The Kier molecular flexibility index (Phi) is 5.26. The Bertz CT molecular complexity index is 613. The molecule has 3 nitrogen and oxygen atoms in total. The minimum Gasteiger partial charge on any atom is -0.497 e. The van der Waals surface area contributed by atoms with Crippen molar-refractivity contribution in [3.8, 4) is 11.5 Å². The fourth-order valence-corrected chi connectivity index (χ4v) is 2.61. The number of hydrogen-bond acceptors (Lipinski definition) is 3. The van der Waals surface area contributed by atoms with E-state index in [0.29, 0.717) is 0 Å². The van der Waals surface area contributed by atoms with Crippen molar-refractivity contribution in [3.63, 3.8) is 0 Å². The summed E-state index contributed by atoms with van der Waals surface area (Å²) in [7, 11) is 1.65. The van der Waals surface area contributed by atoms with E-state index >= 15 is 0 Å². The second-order valence-electron chi connectivity index (χ2n) is 5.10. The minimum atomic E-state index is -0.245. The Morgan fingerprint density at radius 1 is 1.05 bits per heavy atom. The zero-order chi connectivity index (χ0) is 15.4. The summed E-state index contributed by atoms with van der Waals surface area (Å²) < 4.78 is 12.0. The standard InChI is InChI=1S/C17H20BrNO2/c1-11(2)21-14-6-4-5-12(9-14)17(19)15-10-13(20-3)7-8-16(15)18/h4-11,17H,19H2,1-3H3. The van der Waals surface area contributed by atoms with Gasteiger partial charge in [-0.2, -0.15) is 0 Å². The Hall–Kier alpha value is -1.52. The molecule has 0 saturated heterocycles. The lowest BCUT2D eigenvalue weighted by Crippen LogP contribution is -2.13. The number of rotatable bonds is 5. The Morgan fingerprint density at radius 3 is 2.48 bits per heavy atom. The monoisotopic (exact) mass is 349 g/mol. The van der Waals surface area contributed by atoms with Crippen LogP contribution in [0.5, 0.6) is 11.5 Å². The third-order valence-corrected chi connectivity index (χ3v) is 3.85. The lowest BCUT2D eigenvalue weighted by molar-refractivity contribution is 0.242. The number of nitrogens with two attached hydrogens (primary N) is 1. The van der Waals surface area contributed by atoms with Crippen LogP contribution in [0.1, 0.15) is 31.0 Å². The van der Waals surface area contributed by atoms with Crippen LogP contribution in [0.4, 0.5) is 0 Å². The van der Waals surface area contributed by atoms with Crippen molar-refractivity contribution >= 4 is 15.9 Å². The average molecular weight is 350 g/mol. The summed E-state index contributed by atoms with van der Waals surface area (Å²) in [5.74, 6) is 1.62. The van der Waals surface area contributed by atoms with Gasteiger partial charge in [0.2, 0.25) is 0 Å². The highest BCUT2D eigenvalue weighted by Gasteiger charge is 2.14. The van der Waals surface area contributed by atoms with E-state index in [1.54, 1.807) is 7.11 Å². The zero-order valence-corrected chi connectivity index (χ0v) is 14.1. The quantitative estimate of drug-likeness (QED) is 0.875. The van der Waals surface area contributed by atoms with Gasteiger partial charge < -0.3 is 15.2 Å². The Labute approximate surface area is 134 Å². The van der Waals surface area contributed by atoms with Crippen molar-refractivity contribution in [2.45, 2.75) is 26.0 Å². The Balaban J connectivity index is 2.33. The number of benzene rings is 2. The van der Waals surface area contributed by atoms with Gasteiger partial charge in [0, 0.05) is 4.47 Å². The molecule has 112 valence electrons. The van der Waals surface area contributed by atoms with Gasteiger partial charge in [0.1, 0.15) is 11.5 Å². The SMILES string of the molecule is COc1ccc(Br)c(C(N)c2cccc(OC(C)C)c2)c1. The highest BCUT2D eigenvalue weighted by atomic mass is 79.9. The third kappa shape index (κ3) is 3.99. The van der Waals surface area contributed by atoms with E-state index in [4.69, 9.17) is 15.2 Å². The van der Waals surface area contributed by atoms with Crippen LogP contribution in [0.2, 0.25) is 0 Å². The van der Waals surface area contributed by atoms with E-state index < -0.39 is 0 Å². The molecule has 0 saturated carbocycles. The first-order chi connectivity index (χ1) is 10.0. The summed E-state index contributed by atoms with van der Waals surface area (Å²) in [6, 6.07) is 13.4. The van der Waals surface area contributed by atoms with Crippen molar-refractivity contribution in [3.05, 3.63) is 58.1 Å². The van der Waals surface area contributed by atoms with Gasteiger partial charge in [-0.15, -0.1) is 0 Å². The summed E-state index contributed by atoms with van der Waals surface area (Å²) in [4.78, 5) is 0. The van der Waals surface area contributed by atoms with E-state index in [0.717, 1.165) is 27.1 Å². The third-order valence-electron chi connectivity index (χ3n) is 3.13. The van der Waals surface area contributed by atoms with Gasteiger partial charge in [-0.1, -0.05) is 28.1 Å². The van der Waals surface area contributed by atoms with Crippen LogP contribution in [-0.2, 0) is 0 Å². The van der Waals surface area contributed by atoms with Crippen LogP contribution >= 0.6 is 15.9 Å². The van der Waals surface area contributed by atoms with E-state index in [2.05, 4.69) is 15.9 Å². The second-order valence-corrected chi connectivity index (χ2v) is 5.96. The number of hydrogen-bond donors (Lipinski definition) is 1. The van der Waals surface area contributed by atoms with Crippen molar-refractivity contribution in [2.75, 3.05) is 7.11 Å². The van der Waals surface area contributed by atoms with Crippen LogP contribution in [0, 0.1) is 0 Å². The molecule has 2 aromatic rings. The lowest BCUT2D eigenvalue weighted by Gasteiger charge is -2.17. The van der Waals surface area contributed by atoms with Gasteiger partial charge in [0.05, 0.1) is 19.3 Å². The first-order valence-corrected chi connectivity index (χ1v) is 7.66. The smallest absolute Gasteiger partial charge is 0.120 e. The van der Waals surface area contributed by atoms with Crippen molar-refractivity contribution in [2.24, 2.45) is 5.73 Å². The summed E-state index contributed by atoms with van der Waals surface area (Å²) in [5.41, 5.74) is 8.38. The number of methoxy groups -OCH3 is 1. The highest BCUT2D eigenvalue weighted by molar-refractivity contribution is 9.10. The van der Waals surface area contributed by atoms with Gasteiger partial charge in [0.15, 0.2) is 0 Å². The second kappa shape index (κ2) is 6.96. The molecule has 0 aliphatic carbocycles. The Morgan fingerprint density at radius 2 is 1.81 bits per heavy atom. The molecule has 4 heteroatoms. The molecular weight excluding hydrogens is 330 g/mol. The highest BCUT2D eigenvalue weighted by Crippen LogP contribution is 2.31. The molecule has 0 spiro atoms. The molecule has 0 radical (unpaired) electrons. The molecule has 1 atom stereocenters. The maximum absolute atomic E-state index is 6.40. The van der Waals surface area contributed by atoms with Gasteiger partial charge >= 0.3 is 0 Å². The molecule has 21 heavy (non-hydrogen) atoms. The molecule has 0 aromatic heterocycles. The number of halogens is 1. The predicted molar refractivity (Wildman–Crippen MR) is 88.9 cm³/mol. The van der Waals surface area contributed by atoms with Gasteiger partial charge in [-0.05, 0) is 55.3 Å². The molecule has 2 aromatic carbocycles. The summed E-state index contributed by atoms with van der Waals surface area (Å²) in [5, 5.41) is 0. The fraction of sp³-hybridized carbons (Fsp3) is 0.294. The fourth-order valence-electron chi connectivity index (χ4n) is 2.12. The minimum absolute atomic E-state index is 0.139. The van der Waals surface area contributed by atoms with Crippen molar-refractivity contribution < 1.29 is 9.47 Å². The molecule has 0 aliphatic rings. The normalized spacial score (nSPS) is 12.3. The van der Waals surface area contributed by atoms with Crippen molar-refractivity contribution in [1.82, 2.24) is 0 Å². The summed E-state index contributed by atoms with van der Waals surface area (Å²) in [6.45, 7) is 4.01. The zero-order valence-electron chi connectivity index (χ0n) is 12.5. The first-order valence-electron chi connectivity index (χ1n) is 6.87. The van der Waals surface area contributed by atoms with E-state index in [1.807, 2.05) is 56.3 Å². The van der Waals surface area contributed by atoms with Crippen LogP contribution in [0.25, 0.3) is 0 Å². The molecule has 2 N–H and O–H groups in total. The predicted octanol–water partition coefficient (Wildman–Crippen LogP) is 4.29. The van der Waals surface area contributed by atoms with Crippen molar-refractivity contribution in [1.29, 1.82) is 0 Å². The largest absolute Gasteiger partial charge is 0.497 e. The molecule has 0 fully saturated rings. The topological polar surface area (TPSA) is 44.5 Å². The van der Waals surface area contributed by atoms with Gasteiger partial charge in [0.25, 0.3) is 0 Å². The van der Waals surface area contributed by atoms with E-state index in [1.165, 1.54) is 0 Å². The maximum Gasteiger partial charge on any atom is 0.120 e. The molecule has 2 rings (SSSR count). The van der Waals surface area contributed by atoms with Crippen LogP contribution in [-0.4, -0.2) is 13.2 Å². The molecular formula is C17H20BrNO2. The van der Waals surface area contributed by atoms with Gasteiger partial charge in [-0.3, -0.25) is 0 Å². The average Bonchev–Trinajstić information content (AvgIpc) is 2.46. The van der Waals surface area contributed by atoms with Gasteiger partial charge in [-0.25, -0.2) is 0 Å². The van der Waals surface area contributed by atoms with Crippen LogP contribution in [0.15, 0.2) is 46.9 Å². The molecule has 0 heterocycles. The lowest BCUT2D eigenvalue weighted by atomic mass is 9.99. The molecule has 0 aliphatic heterocycles. The van der Waals surface area contributed by atoms with E-state index in [-0.39, 0.29) is 12.1 Å². The summed E-state index contributed by atoms with van der Waals surface area (Å²) >= 11 is 3.55. The number of ether oxygens (including phenoxy) is 2. The van der Waals surface area contributed by atoms with E-state index in [9.17, 15) is 0 Å².